The average molecular weight is 1210 g/mol. The van der Waals surface area contributed by atoms with E-state index in [4.69, 9.17) is 4.74 Å². The first-order valence-corrected chi connectivity index (χ1v) is 39.9. The van der Waals surface area contributed by atoms with E-state index in [2.05, 4.69) is 31.3 Å². The standard InChI is InChI=1S/C80H157NO5/c1-3-5-7-9-11-13-15-17-18-19-20-40-43-46-49-52-56-60-64-68-72-78(83)77(76-82)81-79(84)73-69-65-61-57-53-50-47-44-41-38-36-34-32-30-28-26-24-22-21-23-25-27-29-31-33-35-37-39-42-45-48-51-55-59-63-67-71-75-86-80(85)74-70-66-62-58-54-16-14-12-10-8-6-4-2/h12,14,77-78,82-83H,3-11,13,15-76H2,1-2H3,(H,81,84)/b14-12-. The molecule has 0 radical (unpaired) electrons. The molecule has 512 valence electrons. The fraction of sp³-hybridized carbons (Fsp3) is 0.950. The van der Waals surface area contributed by atoms with E-state index in [-0.39, 0.29) is 18.5 Å². The van der Waals surface area contributed by atoms with Crippen molar-refractivity contribution in [1.82, 2.24) is 5.32 Å². The van der Waals surface area contributed by atoms with E-state index < -0.39 is 12.1 Å². The van der Waals surface area contributed by atoms with Gasteiger partial charge < -0.3 is 20.3 Å². The highest BCUT2D eigenvalue weighted by atomic mass is 16.5. The molecule has 1 amide bonds. The fourth-order valence-corrected chi connectivity index (χ4v) is 13.0. The monoisotopic (exact) mass is 1210 g/mol. The summed E-state index contributed by atoms with van der Waals surface area (Å²) in [6.45, 7) is 4.98. The lowest BCUT2D eigenvalue weighted by atomic mass is 10.0. The van der Waals surface area contributed by atoms with Gasteiger partial charge >= 0.3 is 5.97 Å². The normalized spacial score (nSPS) is 12.5. The summed E-state index contributed by atoms with van der Waals surface area (Å²) in [5.41, 5.74) is 0. The minimum Gasteiger partial charge on any atom is -0.466 e. The number of carbonyl (C=O) groups excluding carboxylic acids is 2. The molecular formula is C80H157NO5. The number of ether oxygens (including phenoxy) is 1. The van der Waals surface area contributed by atoms with Crippen LogP contribution < -0.4 is 5.32 Å². The van der Waals surface area contributed by atoms with Crippen LogP contribution in [0, 0.1) is 0 Å². The van der Waals surface area contributed by atoms with Gasteiger partial charge in [0, 0.05) is 12.8 Å². The van der Waals surface area contributed by atoms with E-state index in [9.17, 15) is 19.8 Å². The van der Waals surface area contributed by atoms with Gasteiger partial charge in [-0.3, -0.25) is 9.59 Å². The summed E-state index contributed by atoms with van der Waals surface area (Å²) < 4.78 is 5.48. The highest BCUT2D eigenvalue weighted by molar-refractivity contribution is 5.76. The first-order chi connectivity index (χ1) is 42.5. The first kappa shape index (κ1) is 84.6. The van der Waals surface area contributed by atoms with Crippen LogP contribution in [0.25, 0.3) is 0 Å². The molecule has 6 nitrogen and oxygen atoms in total. The number of aliphatic hydroxyl groups is 2. The molecule has 3 N–H and O–H groups in total. The number of amides is 1. The van der Waals surface area contributed by atoms with Crippen LogP contribution in [-0.4, -0.2) is 47.4 Å². The lowest BCUT2D eigenvalue weighted by Crippen LogP contribution is -2.45. The van der Waals surface area contributed by atoms with Gasteiger partial charge in [0.05, 0.1) is 25.4 Å². The van der Waals surface area contributed by atoms with Crippen LogP contribution in [0.3, 0.4) is 0 Å². The van der Waals surface area contributed by atoms with Gasteiger partial charge in [-0.25, -0.2) is 0 Å². The number of esters is 1. The Bertz CT molecular complexity index is 1300. The Balaban J connectivity index is 3.30. The van der Waals surface area contributed by atoms with E-state index in [1.807, 2.05) is 0 Å². The van der Waals surface area contributed by atoms with E-state index in [1.54, 1.807) is 0 Å². The van der Waals surface area contributed by atoms with Gasteiger partial charge in [0.2, 0.25) is 5.91 Å². The van der Waals surface area contributed by atoms with Gasteiger partial charge in [-0.15, -0.1) is 0 Å². The summed E-state index contributed by atoms with van der Waals surface area (Å²) in [5.74, 6) is -0.00948. The van der Waals surface area contributed by atoms with Gasteiger partial charge in [-0.1, -0.05) is 411 Å². The van der Waals surface area contributed by atoms with Crippen molar-refractivity contribution in [2.75, 3.05) is 13.2 Å². The summed E-state index contributed by atoms with van der Waals surface area (Å²) in [6.07, 6.45) is 96.0. The molecule has 0 aliphatic heterocycles. The maximum absolute atomic E-state index is 12.6. The van der Waals surface area contributed by atoms with Gasteiger partial charge in [-0.05, 0) is 51.4 Å². The molecule has 6 heteroatoms. The van der Waals surface area contributed by atoms with Gasteiger partial charge in [-0.2, -0.15) is 0 Å². The molecule has 0 aromatic rings. The Morgan fingerprint density at radius 2 is 0.547 bits per heavy atom. The summed E-state index contributed by atoms with van der Waals surface area (Å²) >= 11 is 0. The number of nitrogens with one attached hydrogen (secondary N) is 1. The maximum atomic E-state index is 12.6. The number of hydrogen-bond acceptors (Lipinski definition) is 5. The van der Waals surface area contributed by atoms with Crippen molar-refractivity contribution in [2.24, 2.45) is 0 Å². The topological polar surface area (TPSA) is 95.9 Å². The Labute approximate surface area is 539 Å². The molecule has 0 rings (SSSR count). The fourth-order valence-electron chi connectivity index (χ4n) is 13.0. The number of hydrogen-bond donors (Lipinski definition) is 3. The largest absolute Gasteiger partial charge is 0.466 e. The van der Waals surface area contributed by atoms with Crippen molar-refractivity contribution in [3.05, 3.63) is 12.2 Å². The van der Waals surface area contributed by atoms with Crippen molar-refractivity contribution >= 4 is 11.9 Å². The molecule has 0 spiro atoms. The number of unbranched alkanes of at least 4 members (excludes halogenated alkanes) is 63. The lowest BCUT2D eigenvalue weighted by Gasteiger charge is -2.22. The second-order valence-electron chi connectivity index (χ2n) is 27.8. The lowest BCUT2D eigenvalue weighted by molar-refractivity contribution is -0.143. The third-order valence-corrected chi connectivity index (χ3v) is 19.1. The molecule has 0 saturated heterocycles. The number of aliphatic hydroxyl groups excluding tert-OH is 2. The number of allylic oxidation sites excluding steroid dienone is 2. The third-order valence-electron chi connectivity index (χ3n) is 19.1. The Morgan fingerprint density at radius 3 is 0.849 bits per heavy atom. The molecule has 2 atom stereocenters. The quantitative estimate of drug-likeness (QED) is 0.0320. The van der Waals surface area contributed by atoms with Crippen molar-refractivity contribution < 1.29 is 24.5 Å². The highest BCUT2D eigenvalue weighted by Gasteiger charge is 2.20. The minimum atomic E-state index is -0.660. The highest BCUT2D eigenvalue weighted by Crippen LogP contribution is 2.20. The molecule has 0 saturated carbocycles. The second-order valence-corrected chi connectivity index (χ2v) is 27.8. The van der Waals surface area contributed by atoms with Crippen LogP contribution in [-0.2, 0) is 14.3 Å². The van der Waals surface area contributed by atoms with Crippen LogP contribution in [0.15, 0.2) is 12.2 Å². The zero-order valence-electron chi connectivity index (χ0n) is 58.8. The van der Waals surface area contributed by atoms with Crippen LogP contribution >= 0.6 is 0 Å². The Kier molecular flexibility index (Phi) is 74.8. The van der Waals surface area contributed by atoms with Gasteiger partial charge in [0.15, 0.2) is 0 Å². The van der Waals surface area contributed by atoms with E-state index in [1.165, 1.54) is 385 Å². The van der Waals surface area contributed by atoms with Crippen molar-refractivity contribution in [3.63, 3.8) is 0 Å². The average Bonchev–Trinajstić information content (AvgIpc) is 3.53. The predicted molar refractivity (Wildman–Crippen MR) is 380 cm³/mol. The van der Waals surface area contributed by atoms with E-state index in [0.717, 1.165) is 44.9 Å². The molecule has 0 fully saturated rings. The van der Waals surface area contributed by atoms with Gasteiger partial charge in [0.1, 0.15) is 0 Å². The molecule has 0 aliphatic rings. The molecule has 0 aliphatic carbocycles. The molecular weight excluding hydrogens is 1050 g/mol. The molecule has 0 aromatic heterocycles. The minimum absolute atomic E-state index is 0.0142. The molecule has 0 bridgehead atoms. The van der Waals surface area contributed by atoms with Crippen molar-refractivity contribution in [2.45, 2.75) is 475 Å². The van der Waals surface area contributed by atoms with Crippen LogP contribution in [0.5, 0.6) is 0 Å². The second kappa shape index (κ2) is 76.1. The van der Waals surface area contributed by atoms with E-state index >= 15 is 0 Å². The van der Waals surface area contributed by atoms with Crippen molar-refractivity contribution in [1.29, 1.82) is 0 Å². The van der Waals surface area contributed by atoms with Crippen LogP contribution in [0.4, 0.5) is 0 Å². The zero-order valence-corrected chi connectivity index (χ0v) is 58.8. The van der Waals surface area contributed by atoms with Crippen molar-refractivity contribution in [3.8, 4) is 0 Å². The van der Waals surface area contributed by atoms with Crippen LogP contribution in [0.1, 0.15) is 463 Å². The molecule has 86 heavy (non-hydrogen) atoms. The Morgan fingerprint density at radius 1 is 0.314 bits per heavy atom. The maximum Gasteiger partial charge on any atom is 0.305 e. The van der Waals surface area contributed by atoms with E-state index in [0.29, 0.717) is 25.9 Å². The summed E-state index contributed by atoms with van der Waals surface area (Å²) in [5, 5.41) is 23.4. The number of rotatable bonds is 76. The molecule has 2 unspecified atom stereocenters. The Hall–Kier alpha value is -1.40. The van der Waals surface area contributed by atoms with Crippen LogP contribution in [0.2, 0.25) is 0 Å². The molecule has 0 heterocycles. The summed E-state index contributed by atoms with van der Waals surface area (Å²) in [4.78, 5) is 24.6. The first-order valence-electron chi connectivity index (χ1n) is 39.9. The predicted octanol–water partition coefficient (Wildman–Crippen LogP) is 26.3. The smallest absolute Gasteiger partial charge is 0.305 e. The third kappa shape index (κ3) is 71.7. The zero-order chi connectivity index (χ0) is 62.0. The summed E-state index contributed by atoms with van der Waals surface area (Å²) in [7, 11) is 0. The number of carbonyl (C=O) groups is 2. The SMILES string of the molecule is CCCCC/C=C\CCCCCCCC(=O)OCCCCCCCCCCCCCCCCCCCCCCCCCCCCCCCCCCCCCCCC(=O)NC(CO)C(O)CCCCCCCCCCCCCCCCCCCCCC. The molecule has 0 aromatic carbocycles. The summed E-state index contributed by atoms with van der Waals surface area (Å²) in [6, 6.07) is -0.537. The van der Waals surface area contributed by atoms with Gasteiger partial charge in [0.25, 0.3) is 0 Å².